The number of halogens is 1. The van der Waals surface area contributed by atoms with Gasteiger partial charge in [-0.2, -0.15) is 0 Å². The normalized spacial score (nSPS) is 15.1. The van der Waals surface area contributed by atoms with E-state index in [2.05, 4.69) is 40.3 Å². The minimum absolute atomic E-state index is 0. The maximum atomic E-state index is 5.95. The average molecular weight is 519 g/mol. The highest BCUT2D eigenvalue weighted by Gasteiger charge is 2.21. The highest BCUT2D eigenvalue weighted by Crippen LogP contribution is 2.15. The number of methoxy groups -OCH3 is 1. The van der Waals surface area contributed by atoms with Crippen molar-refractivity contribution in [2.45, 2.75) is 45.1 Å². The number of guanidine groups is 1. The first-order valence-corrected chi connectivity index (χ1v) is 10.5. The summed E-state index contributed by atoms with van der Waals surface area (Å²) in [5, 5.41) is 3.50. The smallest absolute Gasteiger partial charge is 0.193 e. The van der Waals surface area contributed by atoms with Gasteiger partial charge in [0.2, 0.25) is 0 Å². The molecular formula is C22H38IN3O3. The molecule has 0 saturated carbocycles. The van der Waals surface area contributed by atoms with Crippen molar-refractivity contribution in [3.63, 3.8) is 0 Å². The van der Waals surface area contributed by atoms with E-state index in [9.17, 15) is 0 Å². The molecule has 166 valence electrons. The molecular weight excluding hydrogens is 481 g/mol. The second-order valence-corrected chi connectivity index (χ2v) is 7.12. The zero-order valence-corrected chi connectivity index (χ0v) is 20.5. The van der Waals surface area contributed by atoms with E-state index in [-0.39, 0.29) is 24.0 Å². The fourth-order valence-corrected chi connectivity index (χ4v) is 3.35. The first kappa shape index (κ1) is 26.0. The van der Waals surface area contributed by atoms with Crippen LogP contribution in [0.2, 0.25) is 0 Å². The fraction of sp³-hybridized carbons (Fsp3) is 0.682. The Labute approximate surface area is 193 Å². The van der Waals surface area contributed by atoms with E-state index in [0.29, 0.717) is 6.10 Å². The summed E-state index contributed by atoms with van der Waals surface area (Å²) in [5.74, 6) is 1.94. The van der Waals surface area contributed by atoms with Crippen molar-refractivity contribution in [3.05, 3.63) is 29.8 Å². The number of aliphatic imine (C=N–C) groups is 1. The van der Waals surface area contributed by atoms with Gasteiger partial charge in [0.1, 0.15) is 5.75 Å². The third kappa shape index (κ3) is 10.00. The predicted molar refractivity (Wildman–Crippen MR) is 130 cm³/mol. The molecule has 1 aliphatic heterocycles. The topological polar surface area (TPSA) is 55.3 Å². The van der Waals surface area contributed by atoms with Crippen LogP contribution in [0.25, 0.3) is 0 Å². The number of hydrogen-bond acceptors (Lipinski definition) is 4. The van der Waals surface area contributed by atoms with Gasteiger partial charge in [0.15, 0.2) is 5.96 Å². The number of rotatable bonds is 11. The summed E-state index contributed by atoms with van der Waals surface area (Å²) < 4.78 is 16.7. The summed E-state index contributed by atoms with van der Waals surface area (Å²) >= 11 is 0. The number of nitrogens with one attached hydrogen (secondary N) is 1. The molecule has 0 atom stereocenters. The van der Waals surface area contributed by atoms with Gasteiger partial charge in [-0.3, -0.25) is 4.99 Å². The van der Waals surface area contributed by atoms with E-state index in [4.69, 9.17) is 14.2 Å². The van der Waals surface area contributed by atoms with Crippen molar-refractivity contribution in [2.24, 2.45) is 4.99 Å². The van der Waals surface area contributed by atoms with Crippen LogP contribution in [0.5, 0.6) is 5.75 Å². The first-order valence-electron chi connectivity index (χ1n) is 10.5. The van der Waals surface area contributed by atoms with E-state index in [1.165, 1.54) is 5.56 Å². The Balaban J connectivity index is 0.00000420. The molecule has 1 fully saturated rings. The van der Waals surface area contributed by atoms with Crippen LogP contribution in [0.3, 0.4) is 0 Å². The van der Waals surface area contributed by atoms with Gasteiger partial charge in [-0.25, -0.2) is 0 Å². The number of hydrogen-bond donors (Lipinski definition) is 1. The monoisotopic (exact) mass is 519 g/mol. The second kappa shape index (κ2) is 15.7. The van der Waals surface area contributed by atoms with E-state index in [1.807, 2.05) is 13.1 Å². The van der Waals surface area contributed by atoms with Gasteiger partial charge in [0.05, 0.1) is 12.7 Å². The molecule has 29 heavy (non-hydrogen) atoms. The fourth-order valence-electron chi connectivity index (χ4n) is 3.35. The Morgan fingerprint density at radius 3 is 2.69 bits per heavy atom. The van der Waals surface area contributed by atoms with Crippen molar-refractivity contribution >= 4 is 29.9 Å². The van der Waals surface area contributed by atoms with Crippen molar-refractivity contribution < 1.29 is 14.2 Å². The SMILES string of the molecule is CCCOc1cccc(CCNC(=NC)N2CCC(OCCCOC)CC2)c1.I. The molecule has 0 unspecified atom stereocenters. The first-order chi connectivity index (χ1) is 13.8. The van der Waals surface area contributed by atoms with Crippen molar-refractivity contribution in [2.75, 3.05) is 53.6 Å². The molecule has 1 aliphatic rings. The van der Waals surface area contributed by atoms with Gasteiger partial charge in [0.25, 0.3) is 0 Å². The quantitative estimate of drug-likeness (QED) is 0.209. The van der Waals surface area contributed by atoms with Gasteiger partial charge in [-0.15, -0.1) is 24.0 Å². The number of benzene rings is 1. The van der Waals surface area contributed by atoms with Gasteiger partial charge in [-0.1, -0.05) is 19.1 Å². The Morgan fingerprint density at radius 1 is 1.21 bits per heavy atom. The summed E-state index contributed by atoms with van der Waals surface area (Å²) in [6.07, 6.45) is 5.38. The Bertz CT molecular complexity index is 578. The molecule has 0 aliphatic carbocycles. The van der Waals surface area contributed by atoms with Crippen LogP contribution in [-0.2, 0) is 15.9 Å². The van der Waals surface area contributed by atoms with Crippen molar-refractivity contribution in [3.8, 4) is 5.75 Å². The Hall–Kier alpha value is -1.06. The molecule has 0 spiro atoms. The number of likely N-dealkylation sites (tertiary alicyclic amines) is 1. The van der Waals surface area contributed by atoms with E-state index in [1.54, 1.807) is 7.11 Å². The molecule has 0 radical (unpaired) electrons. The van der Waals surface area contributed by atoms with Crippen LogP contribution in [0.15, 0.2) is 29.3 Å². The lowest BCUT2D eigenvalue weighted by molar-refractivity contribution is 0.00992. The van der Waals surface area contributed by atoms with Gasteiger partial charge < -0.3 is 24.4 Å². The lowest BCUT2D eigenvalue weighted by Gasteiger charge is -2.34. The highest BCUT2D eigenvalue weighted by molar-refractivity contribution is 14.0. The summed E-state index contributed by atoms with van der Waals surface area (Å²) in [5.41, 5.74) is 1.28. The summed E-state index contributed by atoms with van der Waals surface area (Å²) in [4.78, 5) is 6.79. The van der Waals surface area contributed by atoms with Crippen LogP contribution in [0.4, 0.5) is 0 Å². The third-order valence-corrected chi connectivity index (χ3v) is 4.87. The molecule has 2 rings (SSSR count). The Kier molecular flexibility index (Phi) is 14.1. The van der Waals surface area contributed by atoms with Crippen LogP contribution < -0.4 is 10.1 Å². The van der Waals surface area contributed by atoms with E-state index in [0.717, 1.165) is 83.3 Å². The number of ether oxygens (including phenoxy) is 3. The summed E-state index contributed by atoms with van der Waals surface area (Å²) in [6, 6.07) is 8.36. The molecule has 1 aromatic carbocycles. The molecule has 7 heteroatoms. The third-order valence-electron chi connectivity index (χ3n) is 4.87. The number of nitrogens with zero attached hydrogens (tertiary/aromatic N) is 2. The average Bonchev–Trinajstić information content (AvgIpc) is 2.74. The van der Waals surface area contributed by atoms with Crippen molar-refractivity contribution in [1.29, 1.82) is 0 Å². The largest absolute Gasteiger partial charge is 0.494 e. The minimum Gasteiger partial charge on any atom is -0.494 e. The maximum absolute atomic E-state index is 5.95. The second-order valence-electron chi connectivity index (χ2n) is 7.12. The molecule has 1 saturated heterocycles. The van der Waals surface area contributed by atoms with Crippen LogP contribution >= 0.6 is 24.0 Å². The zero-order valence-electron chi connectivity index (χ0n) is 18.2. The van der Waals surface area contributed by atoms with E-state index < -0.39 is 0 Å². The van der Waals surface area contributed by atoms with Crippen molar-refractivity contribution in [1.82, 2.24) is 10.2 Å². The summed E-state index contributed by atoms with van der Waals surface area (Å²) in [6.45, 7) is 7.26. The predicted octanol–water partition coefficient (Wildman–Crippen LogP) is 3.73. The molecule has 1 heterocycles. The van der Waals surface area contributed by atoms with Crippen LogP contribution in [0.1, 0.15) is 38.2 Å². The molecule has 6 nitrogen and oxygen atoms in total. The maximum Gasteiger partial charge on any atom is 0.193 e. The molecule has 0 aromatic heterocycles. The minimum atomic E-state index is 0. The molecule has 1 aromatic rings. The zero-order chi connectivity index (χ0) is 20.0. The Morgan fingerprint density at radius 2 is 2.00 bits per heavy atom. The van der Waals surface area contributed by atoms with E-state index >= 15 is 0 Å². The number of piperidine rings is 1. The highest BCUT2D eigenvalue weighted by atomic mass is 127. The molecule has 0 bridgehead atoms. The molecule has 0 amide bonds. The lowest BCUT2D eigenvalue weighted by atomic mass is 10.1. The van der Waals surface area contributed by atoms with Crippen LogP contribution in [-0.4, -0.2) is 70.6 Å². The molecule has 1 N–H and O–H groups in total. The van der Waals surface area contributed by atoms with Gasteiger partial charge in [-0.05, 0) is 49.8 Å². The lowest BCUT2D eigenvalue weighted by Crippen LogP contribution is -2.47. The van der Waals surface area contributed by atoms with Gasteiger partial charge >= 0.3 is 0 Å². The summed E-state index contributed by atoms with van der Waals surface area (Å²) in [7, 11) is 3.59. The van der Waals surface area contributed by atoms with Gasteiger partial charge in [0, 0.05) is 47.0 Å². The standard InChI is InChI=1S/C22H37N3O3.HI/c1-4-15-27-21-8-5-7-19(18-21)9-12-24-22(23-2)25-13-10-20(11-14-25)28-17-6-16-26-3;/h5,7-8,18,20H,4,6,9-17H2,1-3H3,(H,23,24);1H. The van der Waals surface area contributed by atoms with Crippen LogP contribution in [0, 0.1) is 0 Å².